The largest absolute Gasteiger partial charge is 0.435 e. The van der Waals surface area contributed by atoms with E-state index in [1.165, 1.54) is 48.1 Å². The van der Waals surface area contributed by atoms with E-state index in [2.05, 4.69) is 114 Å². The molecule has 3 aromatic heterocycles. The predicted molar refractivity (Wildman–Crippen MR) is 187 cm³/mol. The van der Waals surface area contributed by atoms with E-state index in [0.717, 1.165) is 42.8 Å². The van der Waals surface area contributed by atoms with Crippen molar-refractivity contribution in [2.45, 2.75) is 0 Å². The molecule has 10 rings (SSSR count). The molecule has 0 aliphatic heterocycles. The summed E-state index contributed by atoms with van der Waals surface area (Å²) in [5.41, 5.74) is 6.09. The van der Waals surface area contributed by atoms with Gasteiger partial charge in [0.25, 0.3) is 0 Å². The second-order valence-corrected chi connectivity index (χ2v) is 12.8. The van der Waals surface area contributed by atoms with Gasteiger partial charge < -0.3 is 8.98 Å². The quantitative estimate of drug-likeness (QED) is 0.197. The number of hydrogen-bond acceptors (Lipinski definition) is 3. The highest BCUT2D eigenvalue weighted by molar-refractivity contribution is 7.26. The number of aromatic nitrogens is 2. The van der Waals surface area contributed by atoms with Gasteiger partial charge in [-0.05, 0) is 88.3 Å². The summed E-state index contributed by atoms with van der Waals surface area (Å²) in [7, 11) is 0. The van der Waals surface area contributed by atoms with Crippen LogP contribution >= 0.6 is 22.9 Å². The molecule has 206 valence electrons. The minimum absolute atomic E-state index is 0.617. The smallest absolute Gasteiger partial charge is 0.227 e. The number of rotatable bonds is 2. The molecule has 3 nitrogen and oxygen atoms in total. The van der Waals surface area contributed by atoms with E-state index >= 15 is 0 Å². The third-order valence-electron chi connectivity index (χ3n) is 8.85. The summed E-state index contributed by atoms with van der Waals surface area (Å²) < 4.78 is 11.2. The maximum Gasteiger partial charge on any atom is 0.227 e. The lowest BCUT2D eigenvalue weighted by Crippen LogP contribution is -1.94. The average Bonchev–Trinajstić information content (AvgIpc) is 3.75. The number of fused-ring (bicyclic) bond motifs is 11. The Kier molecular flexibility index (Phi) is 4.93. The van der Waals surface area contributed by atoms with Crippen molar-refractivity contribution in [1.82, 2.24) is 9.55 Å². The zero-order valence-corrected chi connectivity index (χ0v) is 24.8. The van der Waals surface area contributed by atoms with E-state index in [0.29, 0.717) is 5.89 Å². The first kappa shape index (κ1) is 24.3. The van der Waals surface area contributed by atoms with Crippen molar-refractivity contribution in [2.24, 2.45) is 0 Å². The van der Waals surface area contributed by atoms with Crippen LogP contribution in [0.1, 0.15) is 0 Å². The van der Waals surface area contributed by atoms with Gasteiger partial charge in [-0.25, -0.2) is 4.98 Å². The molecule has 0 aliphatic carbocycles. The van der Waals surface area contributed by atoms with Crippen LogP contribution in [0, 0.1) is 0 Å². The number of thiophene rings is 1. The van der Waals surface area contributed by atoms with Crippen LogP contribution in [0.2, 0.25) is 5.02 Å². The fraction of sp³-hybridized carbons (Fsp3) is 0. The molecule has 0 amide bonds. The van der Waals surface area contributed by atoms with E-state index in [4.69, 9.17) is 21.0 Å². The third-order valence-corrected chi connectivity index (χ3v) is 10.2. The SMILES string of the molecule is Clc1ccc2c(c1)sc1ccc3nc(-c4ccc(-n5c6cc7ccccc7cc6c6c7ccccc7ccc65)cc4)oc3c12. The number of halogens is 1. The minimum Gasteiger partial charge on any atom is -0.435 e. The molecule has 0 aliphatic rings. The van der Waals surface area contributed by atoms with Gasteiger partial charge in [0.1, 0.15) is 5.52 Å². The Labute approximate surface area is 260 Å². The van der Waals surface area contributed by atoms with Crippen molar-refractivity contribution in [3.63, 3.8) is 0 Å². The molecule has 0 saturated carbocycles. The zero-order chi connectivity index (χ0) is 28.9. The van der Waals surface area contributed by atoms with Crippen molar-refractivity contribution in [3.05, 3.63) is 132 Å². The Morgan fingerprint density at radius 3 is 2.25 bits per heavy atom. The molecule has 0 fully saturated rings. The van der Waals surface area contributed by atoms with Crippen LogP contribution in [-0.4, -0.2) is 9.55 Å². The van der Waals surface area contributed by atoms with Gasteiger partial charge in [-0.3, -0.25) is 0 Å². The molecule has 0 unspecified atom stereocenters. The summed E-state index contributed by atoms with van der Waals surface area (Å²) in [6.45, 7) is 0. The molecule has 10 aromatic rings. The lowest BCUT2D eigenvalue weighted by molar-refractivity contribution is 0.623. The van der Waals surface area contributed by atoms with E-state index < -0.39 is 0 Å². The van der Waals surface area contributed by atoms with Crippen molar-refractivity contribution >= 4 is 97.6 Å². The summed E-state index contributed by atoms with van der Waals surface area (Å²) in [5.74, 6) is 0.617. The van der Waals surface area contributed by atoms with Crippen molar-refractivity contribution in [1.29, 1.82) is 0 Å². The summed E-state index contributed by atoms with van der Waals surface area (Å²) in [6, 6.07) is 45.2. The molecule has 5 heteroatoms. The first-order valence-electron chi connectivity index (χ1n) is 14.6. The van der Waals surface area contributed by atoms with Crippen LogP contribution in [0.25, 0.3) is 91.8 Å². The van der Waals surface area contributed by atoms with Gasteiger partial charge in [-0.1, -0.05) is 72.3 Å². The third kappa shape index (κ3) is 3.41. The van der Waals surface area contributed by atoms with Crippen LogP contribution < -0.4 is 0 Å². The van der Waals surface area contributed by atoms with Crippen LogP contribution in [0.3, 0.4) is 0 Å². The molecule has 0 saturated heterocycles. The molecular weight excluding hydrogens is 580 g/mol. The number of nitrogens with zero attached hydrogens (tertiary/aromatic N) is 2. The van der Waals surface area contributed by atoms with Gasteiger partial charge in [0.15, 0.2) is 5.58 Å². The molecule has 0 N–H and O–H groups in total. The first-order valence-corrected chi connectivity index (χ1v) is 15.8. The molecule has 3 heterocycles. The Morgan fingerprint density at radius 1 is 0.591 bits per heavy atom. The zero-order valence-electron chi connectivity index (χ0n) is 23.2. The van der Waals surface area contributed by atoms with Crippen LogP contribution in [0.15, 0.2) is 132 Å². The average molecular weight is 601 g/mol. The lowest BCUT2D eigenvalue weighted by atomic mass is 10.0. The standard InChI is InChI=1S/C39H21ClN2OS/c40-26-12-15-29-35(21-26)44-34-18-16-31-38(37(29)34)43-39(41-31)23-9-13-27(14-10-23)42-32-17-11-22-5-3-4-8-28(22)36(32)30-19-24-6-1-2-7-25(24)20-33(30)42/h1-21H. The highest BCUT2D eigenvalue weighted by Gasteiger charge is 2.18. The minimum atomic E-state index is 0.617. The maximum atomic E-state index is 6.49. The number of hydrogen-bond donors (Lipinski definition) is 0. The highest BCUT2D eigenvalue weighted by atomic mass is 35.5. The molecule has 44 heavy (non-hydrogen) atoms. The van der Waals surface area contributed by atoms with Crippen LogP contribution in [0.4, 0.5) is 0 Å². The van der Waals surface area contributed by atoms with Crippen molar-refractivity contribution < 1.29 is 4.42 Å². The Bertz CT molecular complexity index is 2790. The second kappa shape index (κ2) is 8.93. The van der Waals surface area contributed by atoms with Crippen LogP contribution in [0.5, 0.6) is 0 Å². The molecule has 0 atom stereocenters. The summed E-state index contributed by atoms with van der Waals surface area (Å²) in [6.07, 6.45) is 0. The Balaban J connectivity index is 1.17. The Hall–Kier alpha value is -5.16. The number of benzene rings is 7. The van der Waals surface area contributed by atoms with Gasteiger partial charge in [-0.2, -0.15) is 0 Å². The highest BCUT2D eigenvalue weighted by Crippen LogP contribution is 2.42. The summed E-state index contributed by atoms with van der Waals surface area (Å²) in [5, 5.41) is 10.5. The van der Waals surface area contributed by atoms with Crippen molar-refractivity contribution in [2.75, 3.05) is 0 Å². The lowest BCUT2D eigenvalue weighted by Gasteiger charge is -2.09. The van der Waals surface area contributed by atoms with E-state index in [1.807, 2.05) is 18.2 Å². The van der Waals surface area contributed by atoms with E-state index in [-0.39, 0.29) is 0 Å². The molecule has 0 spiro atoms. The number of oxazole rings is 1. The fourth-order valence-corrected chi connectivity index (χ4v) is 8.23. The van der Waals surface area contributed by atoms with Gasteiger partial charge >= 0.3 is 0 Å². The van der Waals surface area contributed by atoms with Gasteiger partial charge in [0, 0.05) is 47.2 Å². The molecule has 7 aromatic carbocycles. The predicted octanol–water partition coefficient (Wildman–Crippen LogP) is 11.9. The molecule has 0 radical (unpaired) electrons. The first-order chi connectivity index (χ1) is 21.7. The monoisotopic (exact) mass is 600 g/mol. The second-order valence-electron chi connectivity index (χ2n) is 11.3. The van der Waals surface area contributed by atoms with E-state index in [1.54, 1.807) is 11.3 Å². The normalized spacial score (nSPS) is 12.2. The summed E-state index contributed by atoms with van der Waals surface area (Å²) >= 11 is 8.01. The fourth-order valence-electron chi connectivity index (χ4n) is 6.85. The van der Waals surface area contributed by atoms with Crippen molar-refractivity contribution in [3.8, 4) is 17.1 Å². The molecular formula is C39H21ClN2OS. The van der Waals surface area contributed by atoms with Gasteiger partial charge in [0.05, 0.1) is 11.0 Å². The van der Waals surface area contributed by atoms with Gasteiger partial charge in [-0.15, -0.1) is 11.3 Å². The Morgan fingerprint density at radius 2 is 1.39 bits per heavy atom. The van der Waals surface area contributed by atoms with Gasteiger partial charge in [0.2, 0.25) is 5.89 Å². The van der Waals surface area contributed by atoms with E-state index in [9.17, 15) is 0 Å². The van der Waals surface area contributed by atoms with Crippen LogP contribution in [-0.2, 0) is 0 Å². The maximum absolute atomic E-state index is 6.49. The molecule has 0 bridgehead atoms. The topological polar surface area (TPSA) is 31.0 Å². The summed E-state index contributed by atoms with van der Waals surface area (Å²) in [4.78, 5) is 4.90.